The van der Waals surface area contributed by atoms with Gasteiger partial charge in [0.1, 0.15) is 0 Å². The summed E-state index contributed by atoms with van der Waals surface area (Å²) in [6.07, 6.45) is 4.24. The second-order valence-corrected chi connectivity index (χ2v) is 6.73. The lowest BCUT2D eigenvalue weighted by molar-refractivity contribution is -0.0996. The predicted octanol–water partition coefficient (Wildman–Crippen LogP) is 3.71. The summed E-state index contributed by atoms with van der Waals surface area (Å²) in [5, 5.41) is 3.57. The van der Waals surface area contributed by atoms with Crippen LogP contribution in [0.5, 0.6) is 0 Å². The van der Waals surface area contributed by atoms with Crippen LogP contribution in [0.15, 0.2) is 28.7 Å². The molecule has 3 heteroatoms. The Morgan fingerprint density at radius 2 is 2.16 bits per heavy atom. The molecule has 0 bridgehead atoms. The summed E-state index contributed by atoms with van der Waals surface area (Å²) >= 11 is 3.72. The molecule has 1 saturated heterocycles. The fourth-order valence-electron chi connectivity index (χ4n) is 3.86. The van der Waals surface area contributed by atoms with Gasteiger partial charge in [0.25, 0.3) is 0 Å². The van der Waals surface area contributed by atoms with Crippen LogP contribution in [0, 0.1) is 5.41 Å². The first-order chi connectivity index (χ1) is 9.25. The molecular weight excluding hydrogens is 302 g/mol. The van der Waals surface area contributed by atoms with E-state index in [2.05, 4.69) is 52.4 Å². The summed E-state index contributed by atoms with van der Waals surface area (Å²) < 4.78 is 7.04. The molecule has 1 heterocycles. The van der Waals surface area contributed by atoms with Gasteiger partial charge < -0.3 is 10.1 Å². The molecule has 104 valence electrons. The van der Waals surface area contributed by atoms with Crippen molar-refractivity contribution in [3.63, 3.8) is 0 Å². The smallest absolute Gasteiger partial charge is 0.0586 e. The first-order valence-corrected chi connectivity index (χ1v) is 8.11. The van der Waals surface area contributed by atoms with Crippen molar-refractivity contribution in [1.82, 2.24) is 5.32 Å². The van der Waals surface area contributed by atoms with Crippen LogP contribution in [0.1, 0.15) is 37.7 Å². The SMILES string of the molecule is CCOC1CC2(CCNCC2c2ccccc2Br)C1. The zero-order chi connectivity index (χ0) is 13.3. The van der Waals surface area contributed by atoms with Crippen molar-refractivity contribution in [2.75, 3.05) is 19.7 Å². The third-order valence-electron chi connectivity index (χ3n) is 4.84. The van der Waals surface area contributed by atoms with Crippen molar-refractivity contribution in [1.29, 1.82) is 0 Å². The highest BCUT2D eigenvalue weighted by atomic mass is 79.9. The number of ether oxygens (including phenoxy) is 1. The first-order valence-electron chi connectivity index (χ1n) is 7.32. The van der Waals surface area contributed by atoms with Crippen LogP contribution in [0.4, 0.5) is 0 Å². The van der Waals surface area contributed by atoms with Crippen molar-refractivity contribution in [2.45, 2.75) is 38.2 Å². The Labute approximate surface area is 124 Å². The van der Waals surface area contributed by atoms with E-state index in [1.165, 1.54) is 29.3 Å². The Balaban J connectivity index is 1.81. The summed E-state index contributed by atoms with van der Waals surface area (Å²) in [4.78, 5) is 0. The molecule has 1 aliphatic heterocycles. The molecule has 19 heavy (non-hydrogen) atoms. The van der Waals surface area contributed by atoms with Crippen molar-refractivity contribution in [3.8, 4) is 0 Å². The highest BCUT2D eigenvalue weighted by Crippen LogP contribution is 2.56. The Morgan fingerprint density at radius 1 is 1.37 bits per heavy atom. The molecule has 0 radical (unpaired) electrons. The van der Waals surface area contributed by atoms with Crippen molar-refractivity contribution in [3.05, 3.63) is 34.3 Å². The summed E-state index contributed by atoms with van der Waals surface area (Å²) in [7, 11) is 0. The third-order valence-corrected chi connectivity index (χ3v) is 5.56. The van der Waals surface area contributed by atoms with Gasteiger partial charge in [-0.1, -0.05) is 34.1 Å². The van der Waals surface area contributed by atoms with Gasteiger partial charge in [-0.25, -0.2) is 0 Å². The normalized spacial score (nSPS) is 34.2. The van der Waals surface area contributed by atoms with Crippen LogP contribution < -0.4 is 5.32 Å². The Morgan fingerprint density at radius 3 is 2.89 bits per heavy atom. The first kappa shape index (κ1) is 13.6. The Hall–Kier alpha value is -0.380. The molecule has 1 aromatic rings. The average molecular weight is 324 g/mol. The molecule has 2 aliphatic rings. The van der Waals surface area contributed by atoms with Crippen molar-refractivity contribution < 1.29 is 4.74 Å². The lowest BCUT2D eigenvalue weighted by Gasteiger charge is -2.55. The number of rotatable bonds is 3. The fraction of sp³-hybridized carbons (Fsp3) is 0.625. The van der Waals surface area contributed by atoms with Gasteiger partial charge in [-0.3, -0.25) is 0 Å². The van der Waals surface area contributed by atoms with E-state index in [4.69, 9.17) is 4.74 Å². The van der Waals surface area contributed by atoms with E-state index in [1.807, 2.05) is 0 Å². The summed E-state index contributed by atoms with van der Waals surface area (Å²) in [5.41, 5.74) is 1.93. The van der Waals surface area contributed by atoms with Crippen molar-refractivity contribution >= 4 is 15.9 Å². The van der Waals surface area contributed by atoms with E-state index in [-0.39, 0.29) is 0 Å². The zero-order valence-electron chi connectivity index (χ0n) is 11.5. The van der Waals surface area contributed by atoms with E-state index in [0.29, 0.717) is 17.4 Å². The van der Waals surface area contributed by atoms with Crippen LogP contribution in [0.3, 0.4) is 0 Å². The minimum absolute atomic E-state index is 0.467. The molecule has 1 spiro atoms. The monoisotopic (exact) mass is 323 g/mol. The molecule has 2 fully saturated rings. The topological polar surface area (TPSA) is 21.3 Å². The number of hydrogen-bond acceptors (Lipinski definition) is 2. The van der Waals surface area contributed by atoms with Gasteiger partial charge in [0.15, 0.2) is 0 Å². The number of nitrogens with one attached hydrogen (secondary N) is 1. The van der Waals surface area contributed by atoms with Crippen LogP contribution in [-0.4, -0.2) is 25.8 Å². The summed E-state index contributed by atoms with van der Waals surface area (Å²) in [6, 6.07) is 8.69. The van der Waals surface area contributed by atoms with Gasteiger partial charge in [0.2, 0.25) is 0 Å². The van der Waals surface area contributed by atoms with Gasteiger partial charge >= 0.3 is 0 Å². The fourth-order valence-corrected chi connectivity index (χ4v) is 4.42. The molecule has 1 aromatic carbocycles. The van der Waals surface area contributed by atoms with Gasteiger partial charge in [0.05, 0.1) is 6.10 Å². The second kappa shape index (κ2) is 5.55. The van der Waals surface area contributed by atoms with E-state index < -0.39 is 0 Å². The lowest BCUT2D eigenvalue weighted by atomic mass is 9.55. The van der Waals surface area contributed by atoms with Gasteiger partial charge in [-0.2, -0.15) is 0 Å². The van der Waals surface area contributed by atoms with Gasteiger partial charge in [-0.05, 0) is 49.8 Å². The lowest BCUT2D eigenvalue weighted by Crippen LogP contribution is -2.53. The van der Waals surface area contributed by atoms with E-state index in [1.54, 1.807) is 0 Å². The highest BCUT2D eigenvalue weighted by Gasteiger charge is 2.51. The predicted molar refractivity (Wildman–Crippen MR) is 81.5 cm³/mol. The van der Waals surface area contributed by atoms with E-state index >= 15 is 0 Å². The molecule has 0 aromatic heterocycles. The van der Waals surface area contributed by atoms with Crippen LogP contribution in [0.25, 0.3) is 0 Å². The number of benzene rings is 1. The second-order valence-electron chi connectivity index (χ2n) is 5.88. The maximum Gasteiger partial charge on any atom is 0.0586 e. The molecule has 1 unspecified atom stereocenters. The molecule has 1 N–H and O–H groups in total. The van der Waals surface area contributed by atoms with Crippen molar-refractivity contribution in [2.24, 2.45) is 5.41 Å². The molecule has 0 amide bonds. The molecule has 2 nitrogen and oxygen atoms in total. The third kappa shape index (κ3) is 2.48. The van der Waals surface area contributed by atoms with E-state index in [0.717, 1.165) is 19.7 Å². The van der Waals surface area contributed by atoms with Gasteiger partial charge in [-0.15, -0.1) is 0 Å². The molecule has 1 saturated carbocycles. The summed E-state index contributed by atoms with van der Waals surface area (Å²) in [6.45, 7) is 5.19. The number of piperidine rings is 1. The maximum absolute atomic E-state index is 5.79. The highest BCUT2D eigenvalue weighted by molar-refractivity contribution is 9.10. The minimum Gasteiger partial charge on any atom is -0.378 e. The van der Waals surface area contributed by atoms with Crippen LogP contribution in [-0.2, 0) is 4.74 Å². The Bertz CT molecular complexity index is 442. The quantitative estimate of drug-likeness (QED) is 0.915. The number of halogens is 1. The summed E-state index contributed by atoms with van der Waals surface area (Å²) in [5.74, 6) is 0.619. The molecule has 1 aliphatic carbocycles. The molecular formula is C16H22BrNO. The standard InChI is InChI=1S/C16H22BrNO/c1-2-19-12-9-16(10-12)7-8-18-11-14(16)13-5-3-4-6-15(13)17/h3-6,12,14,18H,2,7-11H2,1H3. The van der Waals surface area contributed by atoms with Gasteiger partial charge in [0, 0.05) is 23.5 Å². The molecule has 1 atom stereocenters. The maximum atomic E-state index is 5.79. The number of hydrogen-bond donors (Lipinski definition) is 1. The van der Waals surface area contributed by atoms with Crippen LogP contribution in [0.2, 0.25) is 0 Å². The van der Waals surface area contributed by atoms with Crippen LogP contribution >= 0.6 is 15.9 Å². The average Bonchev–Trinajstić information content (AvgIpc) is 2.39. The zero-order valence-corrected chi connectivity index (χ0v) is 13.1. The minimum atomic E-state index is 0.467. The Kier molecular flexibility index (Phi) is 3.97. The largest absolute Gasteiger partial charge is 0.378 e. The van der Waals surface area contributed by atoms with E-state index in [9.17, 15) is 0 Å². The molecule has 3 rings (SSSR count).